The van der Waals surface area contributed by atoms with Gasteiger partial charge in [0.05, 0.1) is 5.56 Å². The van der Waals surface area contributed by atoms with Crippen LogP contribution < -0.4 is 10.6 Å². The average Bonchev–Trinajstić information content (AvgIpc) is 2.39. The summed E-state index contributed by atoms with van der Waals surface area (Å²) in [6.07, 6.45) is 3.79. The monoisotopic (exact) mass is 251 g/mol. The quantitative estimate of drug-likeness (QED) is 0.667. The van der Waals surface area contributed by atoms with Gasteiger partial charge in [0.25, 0.3) is 5.91 Å². The predicted octanol–water partition coefficient (Wildman–Crippen LogP) is -0.0359. The van der Waals surface area contributed by atoms with Gasteiger partial charge >= 0.3 is 0 Å². The number of methoxy groups -OCH3 is 1. The Morgan fingerprint density at radius 2 is 2.11 bits per heavy atom. The number of aromatic nitrogens is 1. The van der Waals surface area contributed by atoms with Gasteiger partial charge in [0.2, 0.25) is 5.91 Å². The Morgan fingerprint density at radius 3 is 2.78 bits per heavy atom. The molecule has 0 saturated carbocycles. The normalized spacial score (nSPS) is 9.83. The molecule has 0 aliphatic carbocycles. The number of nitrogens with zero attached hydrogens (tertiary/aromatic N) is 1. The molecular weight excluding hydrogens is 234 g/mol. The second-order valence-electron chi connectivity index (χ2n) is 3.63. The minimum atomic E-state index is -0.161. The third-order valence-electron chi connectivity index (χ3n) is 2.16. The zero-order chi connectivity index (χ0) is 13.2. The average molecular weight is 251 g/mol. The summed E-state index contributed by atoms with van der Waals surface area (Å²) in [5, 5.41) is 5.41. The molecule has 0 aromatic carbocycles. The van der Waals surface area contributed by atoms with E-state index in [2.05, 4.69) is 20.4 Å². The van der Waals surface area contributed by atoms with E-state index in [9.17, 15) is 9.59 Å². The maximum absolute atomic E-state index is 11.6. The molecule has 0 aliphatic heterocycles. The van der Waals surface area contributed by atoms with Crippen LogP contribution in [0.1, 0.15) is 16.8 Å². The number of amides is 2. The highest BCUT2D eigenvalue weighted by atomic mass is 16.5. The maximum atomic E-state index is 11.6. The number of carbonyl (C=O) groups excluding carboxylic acids is 2. The standard InChI is InChI=1S/C12H17N3O3/c1-18-9-11(16)14-6-3-7-15-12(17)10-4-2-5-13-8-10/h2,4-5,8H,3,6-7,9H2,1H3,(H,14,16)(H,15,17). The van der Waals surface area contributed by atoms with E-state index in [1.54, 1.807) is 18.3 Å². The minimum absolute atomic E-state index is 0.0576. The lowest BCUT2D eigenvalue weighted by atomic mass is 10.2. The van der Waals surface area contributed by atoms with Crippen molar-refractivity contribution in [2.75, 3.05) is 26.8 Å². The summed E-state index contributed by atoms with van der Waals surface area (Å²) in [5.74, 6) is -0.317. The van der Waals surface area contributed by atoms with Crippen molar-refractivity contribution < 1.29 is 14.3 Å². The second-order valence-corrected chi connectivity index (χ2v) is 3.63. The van der Waals surface area contributed by atoms with E-state index in [4.69, 9.17) is 0 Å². The molecule has 6 nitrogen and oxygen atoms in total. The van der Waals surface area contributed by atoms with Gasteiger partial charge in [0, 0.05) is 32.6 Å². The number of ether oxygens (including phenoxy) is 1. The van der Waals surface area contributed by atoms with E-state index in [1.165, 1.54) is 13.3 Å². The molecule has 0 saturated heterocycles. The van der Waals surface area contributed by atoms with Crippen LogP contribution in [0.4, 0.5) is 0 Å². The molecule has 1 heterocycles. The lowest BCUT2D eigenvalue weighted by Crippen LogP contribution is -2.31. The first kappa shape index (κ1) is 14.1. The van der Waals surface area contributed by atoms with Crippen molar-refractivity contribution in [2.24, 2.45) is 0 Å². The SMILES string of the molecule is COCC(=O)NCCCNC(=O)c1cccnc1. The molecule has 0 bridgehead atoms. The number of rotatable bonds is 7. The Hall–Kier alpha value is -1.95. The molecule has 0 atom stereocenters. The van der Waals surface area contributed by atoms with Gasteiger partial charge in [-0.3, -0.25) is 14.6 Å². The van der Waals surface area contributed by atoms with E-state index in [0.29, 0.717) is 25.1 Å². The number of carbonyl (C=O) groups is 2. The highest BCUT2D eigenvalue weighted by Gasteiger charge is 2.03. The van der Waals surface area contributed by atoms with Crippen LogP contribution in [-0.4, -0.2) is 43.6 Å². The third-order valence-corrected chi connectivity index (χ3v) is 2.16. The summed E-state index contributed by atoms with van der Waals surface area (Å²) < 4.78 is 4.67. The van der Waals surface area contributed by atoms with Crippen LogP contribution in [0.2, 0.25) is 0 Å². The first-order chi connectivity index (χ1) is 8.74. The van der Waals surface area contributed by atoms with Gasteiger partial charge in [0.15, 0.2) is 0 Å². The summed E-state index contributed by atoms with van der Waals surface area (Å²) in [5.41, 5.74) is 0.529. The molecule has 6 heteroatoms. The number of hydrogen-bond donors (Lipinski definition) is 2. The molecule has 1 rings (SSSR count). The second kappa shape index (κ2) is 8.19. The Labute approximate surface area is 106 Å². The highest BCUT2D eigenvalue weighted by Crippen LogP contribution is 1.94. The van der Waals surface area contributed by atoms with Crippen LogP contribution in [0.3, 0.4) is 0 Å². The third kappa shape index (κ3) is 5.40. The van der Waals surface area contributed by atoms with Gasteiger partial charge in [-0.15, -0.1) is 0 Å². The van der Waals surface area contributed by atoms with E-state index < -0.39 is 0 Å². The highest BCUT2D eigenvalue weighted by molar-refractivity contribution is 5.93. The van der Waals surface area contributed by atoms with Crippen LogP contribution in [-0.2, 0) is 9.53 Å². The van der Waals surface area contributed by atoms with Crippen LogP contribution >= 0.6 is 0 Å². The Morgan fingerprint density at radius 1 is 1.33 bits per heavy atom. The zero-order valence-corrected chi connectivity index (χ0v) is 10.3. The Bertz CT molecular complexity index is 381. The zero-order valence-electron chi connectivity index (χ0n) is 10.3. The van der Waals surface area contributed by atoms with Crippen molar-refractivity contribution in [1.29, 1.82) is 0 Å². The molecule has 98 valence electrons. The fraction of sp³-hybridized carbons (Fsp3) is 0.417. The summed E-state index contributed by atoms with van der Waals surface area (Å²) in [6.45, 7) is 1.07. The van der Waals surface area contributed by atoms with Crippen molar-refractivity contribution in [3.63, 3.8) is 0 Å². The molecule has 1 aromatic rings. The van der Waals surface area contributed by atoms with Crippen LogP contribution in [0.25, 0.3) is 0 Å². The predicted molar refractivity (Wildman–Crippen MR) is 66.1 cm³/mol. The fourth-order valence-electron chi connectivity index (χ4n) is 1.30. The maximum Gasteiger partial charge on any atom is 0.252 e. The van der Waals surface area contributed by atoms with Gasteiger partial charge in [-0.05, 0) is 18.6 Å². The molecule has 2 N–H and O–H groups in total. The number of hydrogen-bond acceptors (Lipinski definition) is 4. The first-order valence-corrected chi connectivity index (χ1v) is 5.68. The van der Waals surface area contributed by atoms with Gasteiger partial charge in [-0.1, -0.05) is 0 Å². The van der Waals surface area contributed by atoms with Crippen molar-refractivity contribution in [3.8, 4) is 0 Å². The summed E-state index contributed by atoms with van der Waals surface area (Å²) in [4.78, 5) is 26.5. The summed E-state index contributed by atoms with van der Waals surface area (Å²) in [7, 11) is 1.47. The van der Waals surface area contributed by atoms with E-state index in [0.717, 1.165) is 0 Å². The first-order valence-electron chi connectivity index (χ1n) is 5.68. The topological polar surface area (TPSA) is 80.3 Å². The lowest BCUT2D eigenvalue weighted by Gasteiger charge is -2.06. The van der Waals surface area contributed by atoms with Crippen molar-refractivity contribution in [3.05, 3.63) is 30.1 Å². The molecule has 0 radical (unpaired) electrons. The molecule has 0 aliphatic rings. The molecule has 0 fully saturated rings. The Balaban J connectivity index is 2.11. The summed E-state index contributed by atoms with van der Waals surface area (Å²) in [6, 6.07) is 3.41. The van der Waals surface area contributed by atoms with Crippen LogP contribution in [0, 0.1) is 0 Å². The molecule has 0 unspecified atom stereocenters. The molecule has 18 heavy (non-hydrogen) atoms. The van der Waals surface area contributed by atoms with Gasteiger partial charge in [0.1, 0.15) is 6.61 Å². The molecule has 0 spiro atoms. The van der Waals surface area contributed by atoms with Crippen LogP contribution in [0.15, 0.2) is 24.5 Å². The minimum Gasteiger partial charge on any atom is -0.375 e. The fourth-order valence-corrected chi connectivity index (χ4v) is 1.30. The van der Waals surface area contributed by atoms with Crippen molar-refractivity contribution >= 4 is 11.8 Å². The van der Waals surface area contributed by atoms with Gasteiger partial charge in [-0.2, -0.15) is 0 Å². The van der Waals surface area contributed by atoms with E-state index >= 15 is 0 Å². The van der Waals surface area contributed by atoms with Crippen molar-refractivity contribution in [1.82, 2.24) is 15.6 Å². The Kier molecular flexibility index (Phi) is 6.42. The van der Waals surface area contributed by atoms with Gasteiger partial charge in [-0.25, -0.2) is 0 Å². The van der Waals surface area contributed by atoms with Gasteiger partial charge < -0.3 is 15.4 Å². The largest absolute Gasteiger partial charge is 0.375 e. The van der Waals surface area contributed by atoms with Crippen molar-refractivity contribution in [2.45, 2.75) is 6.42 Å². The molecule has 2 amide bonds. The molecular formula is C12H17N3O3. The van der Waals surface area contributed by atoms with Crippen LogP contribution in [0.5, 0.6) is 0 Å². The van der Waals surface area contributed by atoms with E-state index in [1.807, 2.05) is 0 Å². The smallest absolute Gasteiger partial charge is 0.252 e. The number of nitrogens with one attached hydrogen (secondary N) is 2. The molecule has 1 aromatic heterocycles. The summed E-state index contributed by atoms with van der Waals surface area (Å²) >= 11 is 0. The van der Waals surface area contributed by atoms with E-state index in [-0.39, 0.29) is 18.4 Å². The number of pyridine rings is 1. The lowest BCUT2D eigenvalue weighted by molar-refractivity contribution is -0.124.